The number of ether oxygens (including phenoxy) is 1. The zero-order chi connectivity index (χ0) is 8.81. The third-order valence-corrected chi connectivity index (χ3v) is 1.35. The molecule has 0 bridgehead atoms. The molecule has 0 fully saturated rings. The van der Waals surface area contributed by atoms with Crippen molar-refractivity contribution in [3.05, 3.63) is 24.3 Å². The number of carbonyl (C=O) groups is 1. The van der Waals surface area contributed by atoms with E-state index in [9.17, 15) is 4.79 Å². The molecule has 0 aromatic carbocycles. The molecule has 0 aliphatic rings. The molecule has 0 spiro atoms. The minimum absolute atomic E-state index is 0.0857. The Balaban J connectivity index is 2.54. The van der Waals surface area contributed by atoms with Crippen LogP contribution in [0.3, 0.4) is 0 Å². The Hall–Kier alpha value is -1.29. The maximum absolute atomic E-state index is 11.2. The normalized spacial score (nSPS) is 9.75. The second-order valence-electron chi connectivity index (χ2n) is 2.24. The summed E-state index contributed by atoms with van der Waals surface area (Å²) in [6.45, 7) is 0.414. The maximum atomic E-state index is 11.2. The van der Waals surface area contributed by atoms with E-state index >= 15 is 0 Å². The second kappa shape index (κ2) is 4.56. The van der Waals surface area contributed by atoms with Crippen molar-refractivity contribution < 1.29 is 9.53 Å². The number of Topliss-reactive ketones (excluding diaryl/α,β-unsaturated/α-hetero) is 1. The summed E-state index contributed by atoms with van der Waals surface area (Å²) >= 11 is 0. The molecule has 0 N–H and O–H groups in total. The van der Waals surface area contributed by atoms with E-state index in [0.717, 1.165) is 0 Å². The van der Waals surface area contributed by atoms with E-state index in [1.54, 1.807) is 25.6 Å². The fraction of sp³-hybridized carbons (Fsp3) is 0.375. The molecular formula is C8H10N2O2. The van der Waals surface area contributed by atoms with Gasteiger partial charge in [-0.2, -0.15) is 0 Å². The molecule has 0 radical (unpaired) electrons. The molecule has 0 aliphatic carbocycles. The number of rotatable bonds is 4. The zero-order valence-electron chi connectivity index (χ0n) is 6.86. The van der Waals surface area contributed by atoms with Crippen molar-refractivity contribution in [2.45, 2.75) is 6.42 Å². The van der Waals surface area contributed by atoms with Crippen molar-refractivity contribution in [2.24, 2.45) is 0 Å². The van der Waals surface area contributed by atoms with Gasteiger partial charge in [0.15, 0.2) is 5.82 Å². The van der Waals surface area contributed by atoms with Crippen LogP contribution in [0.15, 0.2) is 18.5 Å². The first-order valence-electron chi connectivity index (χ1n) is 3.63. The van der Waals surface area contributed by atoms with Crippen LogP contribution in [0.2, 0.25) is 0 Å². The van der Waals surface area contributed by atoms with E-state index in [2.05, 4.69) is 9.97 Å². The second-order valence-corrected chi connectivity index (χ2v) is 2.24. The number of carbonyl (C=O) groups excluding carboxylic acids is 1. The largest absolute Gasteiger partial charge is 0.384 e. The predicted molar refractivity (Wildman–Crippen MR) is 42.9 cm³/mol. The van der Waals surface area contributed by atoms with Crippen LogP contribution < -0.4 is 0 Å². The average molecular weight is 166 g/mol. The topological polar surface area (TPSA) is 52.1 Å². The fourth-order valence-electron chi connectivity index (χ4n) is 0.750. The predicted octanol–water partition coefficient (Wildman–Crippen LogP) is 0.696. The fourth-order valence-corrected chi connectivity index (χ4v) is 0.750. The summed E-state index contributed by atoms with van der Waals surface area (Å²) < 4.78 is 4.76. The van der Waals surface area contributed by atoms with Crippen molar-refractivity contribution in [1.29, 1.82) is 0 Å². The van der Waals surface area contributed by atoms with Gasteiger partial charge in [0.2, 0.25) is 5.78 Å². The SMILES string of the molecule is COCCC(=O)c1ncccn1. The number of nitrogens with zero attached hydrogens (tertiary/aromatic N) is 2. The van der Waals surface area contributed by atoms with Gasteiger partial charge in [-0.3, -0.25) is 4.79 Å². The number of methoxy groups -OCH3 is 1. The Kier molecular flexibility index (Phi) is 3.35. The Labute approximate surface area is 70.6 Å². The van der Waals surface area contributed by atoms with Crippen LogP contribution in [0.4, 0.5) is 0 Å². The Morgan fingerprint density at radius 3 is 2.75 bits per heavy atom. The first-order chi connectivity index (χ1) is 5.84. The maximum Gasteiger partial charge on any atom is 0.202 e. The van der Waals surface area contributed by atoms with Gasteiger partial charge in [0, 0.05) is 25.9 Å². The highest BCUT2D eigenvalue weighted by atomic mass is 16.5. The highest BCUT2D eigenvalue weighted by Gasteiger charge is 2.06. The molecule has 4 heteroatoms. The third kappa shape index (κ3) is 2.39. The van der Waals surface area contributed by atoms with Crippen molar-refractivity contribution in [1.82, 2.24) is 9.97 Å². The van der Waals surface area contributed by atoms with Gasteiger partial charge in [0.1, 0.15) is 0 Å². The summed E-state index contributed by atoms with van der Waals surface area (Å²) in [5.74, 6) is 0.173. The van der Waals surface area contributed by atoms with Crippen LogP contribution in [-0.4, -0.2) is 29.5 Å². The van der Waals surface area contributed by atoms with E-state index in [1.165, 1.54) is 0 Å². The zero-order valence-corrected chi connectivity index (χ0v) is 6.86. The highest BCUT2D eigenvalue weighted by molar-refractivity contribution is 5.92. The van der Waals surface area contributed by atoms with Gasteiger partial charge in [0.25, 0.3) is 0 Å². The van der Waals surface area contributed by atoms with Crippen molar-refractivity contribution in [3.63, 3.8) is 0 Å². The van der Waals surface area contributed by atoms with Crippen molar-refractivity contribution in [3.8, 4) is 0 Å². The molecule has 0 saturated carbocycles. The molecule has 0 saturated heterocycles. The van der Waals surface area contributed by atoms with E-state index < -0.39 is 0 Å². The third-order valence-electron chi connectivity index (χ3n) is 1.35. The molecule has 4 nitrogen and oxygen atoms in total. The van der Waals surface area contributed by atoms with Crippen LogP contribution in [-0.2, 0) is 4.74 Å². The Morgan fingerprint density at radius 2 is 2.17 bits per heavy atom. The highest BCUT2D eigenvalue weighted by Crippen LogP contribution is 1.94. The van der Waals surface area contributed by atoms with Gasteiger partial charge >= 0.3 is 0 Å². The van der Waals surface area contributed by atoms with Gasteiger partial charge in [-0.1, -0.05) is 0 Å². The molecule has 1 aromatic rings. The van der Waals surface area contributed by atoms with Gasteiger partial charge in [-0.15, -0.1) is 0 Å². The number of ketones is 1. The average Bonchev–Trinajstić information content (AvgIpc) is 2.15. The monoisotopic (exact) mass is 166 g/mol. The first kappa shape index (κ1) is 8.80. The summed E-state index contributed by atoms with van der Waals surface area (Å²) in [6, 6.07) is 1.67. The van der Waals surface area contributed by atoms with Gasteiger partial charge in [0.05, 0.1) is 6.61 Å². The van der Waals surface area contributed by atoms with E-state index in [1.807, 2.05) is 0 Å². The van der Waals surface area contributed by atoms with Crippen molar-refractivity contribution in [2.75, 3.05) is 13.7 Å². The quantitative estimate of drug-likeness (QED) is 0.618. The molecule has 12 heavy (non-hydrogen) atoms. The van der Waals surface area contributed by atoms with Crippen molar-refractivity contribution >= 4 is 5.78 Å². The number of hydrogen-bond donors (Lipinski definition) is 0. The van der Waals surface area contributed by atoms with E-state index in [-0.39, 0.29) is 11.6 Å². The molecule has 0 unspecified atom stereocenters. The van der Waals surface area contributed by atoms with Gasteiger partial charge in [-0.25, -0.2) is 9.97 Å². The minimum atomic E-state index is -0.0857. The van der Waals surface area contributed by atoms with Crippen LogP contribution in [0.1, 0.15) is 17.0 Å². The molecule has 0 aliphatic heterocycles. The lowest BCUT2D eigenvalue weighted by molar-refractivity contribution is 0.0922. The lowest BCUT2D eigenvalue weighted by Crippen LogP contribution is -2.07. The number of hydrogen-bond acceptors (Lipinski definition) is 4. The summed E-state index contributed by atoms with van der Waals surface area (Å²) in [6.07, 6.45) is 3.43. The lowest BCUT2D eigenvalue weighted by atomic mass is 10.3. The Morgan fingerprint density at radius 1 is 1.50 bits per heavy atom. The molecular weight excluding hydrogens is 156 g/mol. The van der Waals surface area contributed by atoms with Crippen LogP contribution in [0, 0.1) is 0 Å². The number of aromatic nitrogens is 2. The molecule has 0 atom stereocenters. The summed E-state index contributed by atoms with van der Waals surface area (Å²) in [5, 5.41) is 0. The van der Waals surface area contributed by atoms with Gasteiger partial charge in [-0.05, 0) is 6.07 Å². The van der Waals surface area contributed by atoms with Crippen LogP contribution in [0.25, 0.3) is 0 Å². The minimum Gasteiger partial charge on any atom is -0.384 e. The lowest BCUT2D eigenvalue weighted by Gasteiger charge is -1.96. The van der Waals surface area contributed by atoms with Crippen LogP contribution >= 0.6 is 0 Å². The molecule has 0 amide bonds. The summed E-state index contributed by atoms with van der Waals surface area (Å²) in [7, 11) is 1.55. The Bertz CT molecular complexity index is 248. The summed E-state index contributed by atoms with van der Waals surface area (Å²) in [4.78, 5) is 18.8. The summed E-state index contributed by atoms with van der Waals surface area (Å²) in [5.41, 5.74) is 0. The smallest absolute Gasteiger partial charge is 0.202 e. The van der Waals surface area contributed by atoms with Crippen LogP contribution in [0.5, 0.6) is 0 Å². The molecule has 1 rings (SSSR count). The first-order valence-corrected chi connectivity index (χ1v) is 3.63. The van der Waals surface area contributed by atoms with E-state index in [4.69, 9.17) is 4.74 Å². The van der Waals surface area contributed by atoms with Gasteiger partial charge < -0.3 is 4.74 Å². The van der Waals surface area contributed by atoms with E-state index in [0.29, 0.717) is 13.0 Å². The molecule has 1 aromatic heterocycles. The standard InChI is InChI=1S/C8H10N2O2/c1-12-6-3-7(11)8-9-4-2-5-10-8/h2,4-5H,3,6H2,1H3. The molecule has 1 heterocycles. The molecule has 64 valence electrons.